The summed E-state index contributed by atoms with van der Waals surface area (Å²) < 4.78 is 0. The van der Waals surface area contributed by atoms with E-state index in [2.05, 4.69) is 4.98 Å². The lowest BCUT2D eigenvalue weighted by Gasteiger charge is -2.30. The number of nitrogen functional groups attached to an aromatic ring is 1. The molecule has 1 aromatic rings. The van der Waals surface area contributed by atoms with Crippen LogP contribution in [0, 0.1) is 5.92 Å². The van der Waals surface area contributed by atoms with E-state index in [1.165, 1.54) is 6.20 Å². The Hall–Kier alpha value is -2.11. The first-order chi connectivity index (χ1) is 9.06. The molecule has 6 heteroatoms. The fourth-order valence-corrected chi connectivity index (χ4v) is 2.21. The van der Waals surface area contributed by atoms with Crippen molar-refractivity contribution in [1.29, 1.82) is 0 Å². The van der Waals surface area contributed by atoms with E-state index in [1.807, 2.05) is 0 Å². The number of piperidine rings is 1. The number of carbonyl (C=O) groups excluding carboxylic acids is 1. The summed E-state index contributed by atoms with van der Waals surface area (Å²) in [7, 11) is 0. The number of pyridine rings is 1. The summed E-state index contributed by atoms with van der Waals surface area (Å²) >= 11 is 0. The fraction of sp³-hybridized carbons (Fsp3) is 0.462. The van der Waals surface area contributed by atoms with Gasteiger partial charge in [0.05, 0.1) is 24.2 Å². The molecule has 0 unspecified atom stereocenters. The van der Waals surface area contributed by atoms with Crippen molar-refractivity contribution >= 4 is 17.6 Å². The van der Waals surface area contributed by atoms with Crippen molar-refractivity contribution in [3.05, 3.63) is 24.0 Å². The van der Waals surface area contributed by atoms with Crippen molar-refractivity contribution in [3.63, 3.8) is 0 Å². The number of likely N-dealkylation sites (tertiary alicyclic amines) is 1. The average molecular weight is 263 g/mol. The highest BCUT2D eigenvalue weighted by Gasteiger charge is 2.28. The molecule has 1 amide bonds. The minimum atomic E-state index is -0.830. The summed E-state index contributed by atoms with van der Waals surface area (Å²) in [5.74, 6) is -1.36. The van der Waals surface area contributed by atoms with Gasteiger partial charge in [0, 0.05) is 18.8 Å². The zero-order valence-electron chi connectivity index (χ0n) is 10.6. The molecule has 0 spiro atoms. The highest BCUT2D eigenvalue weighted by molar-refractivity contribution is 5.79. The third-order valence-corrected chi connectivity index (χ3v) is 3.30. The second-order valence-electron chi connectivity index (χ2n) is 4.78. The van der Waals surface area contributed by atoms with Gasteiger partial charge in [0.1, 0.15) is 0 Å². The van der Waals surface area contributed by atoms with Crippen LogP contribution < -0.4 is 5.73 Å². The molecule has 6 nitrogen and oxygen atoms in total. The van der Waals surface area contributed by atoms with Crippen molar-refractivity contribution in [1.82, 2.24) is 9.88 Å². The summed E-state index contributed by atoms with van der Waals surface area (Å²) in [6.07, 6.45) is 3.07. The van der Waals surface area contributed by atoms with Crippen LogP contribution in [0.2, 0.25) is 0 Å². The van der Waals surface area contributed by atoms with Crippen LogP contribution >= 0.6 is 0 Å². The molecule has 0 aliphatic carbocycles. The summed E-state index contributed by atoms with van der Waals surface area (Å²) in [6, 6.07) is 3.41. The Morgan fingerprint density at radius 2 is 2.26 bits per heavy atom. The number of hydrogen-bond donors (Lipinski definition) is 2. The van der Waals surface area contributed by atoms with Gasteiger partial charge in [-0.3, -0.25) is 14.6 Å². The van der Waals surface area contributed by atoms with Gasteiger partial charge in [-0.2, -0.15) is 0 Å². The number of carbonyl (C=O) groups is 2. The second-order valence-corrected chi connectivity index (χ2v) is 4.78. The Morgan fingerprint density at radius 1 is 1.47 bits per heavy atom. The Bertz CT molecular complexity index is 473. The minimum absolute atomic E-state index is 0.0804. The van der Waals surface area contributed by atoms with Gasteiger partial charge < -0.3 is 15.7 Å². The molecule has 0 saturated carbocycles. The minimum Gasteiger partial charge on any atom is -0.481 e. The van der Waals surface area contributed by atoms with Gasteiger partial charge in [-0.15, -0.1) is 0 Å². The van der Waals surface area contributed by atoms with Crippen molar-refractivity contribution in [2.24, 2.45) is 5.92 Å². The Morgan fingerprint density at radius 3 is 2.89 bits per heavy atom. The first-order valence-corrected chi connectivity index (χ1v) is 6.27. The molecule has 0 bridgehead atoms. The number of carboxylic acids is 1. The van der Waals surface area contributed by atoms with Crippen LogP contribution in [-0.2, 0) is 16.0 Å². The van der Waals surface area contributed by atoms with E-state index >= 15 is 0 Å². The molecule has 1 aromatic heterocycles. The number of amides is 1. The van der Waals surface area contributed by atoms with Gasteiger partial charge in [-0.25, -0.2) is 0 Å². The molecular weight excluding hydrogens is 246 g/mol. The van der Waals surface area contributed by atoms with E-state index in [9.17, 15) is 9.59 Å². The molecule has 1 fully saturated rings. The maximum Gasteiger partial charge on any atom is 0.308 e. The Labute approximate surface area is 111 Å². The van der Waals surface area contributed by atoms with Crippen LogP contribution in [-0.4, -0.2) is 40.0 Å². The summed E-state index contributed by atoms with van der Waals surface area (Å²) in [4.78, 5) is 28.7. The van der Waals surface area contributed by atoms with E-state index in [0.29, 0.717) is 30.9 Å². The molecule has 0 radical (unpaired) electrons. The molecule has 1 atom stereocenters. The first-order valence-electron chi connectivity index (χ1n) is 6.27. The van der Waals surface area contributed by atoms with Gasteiger partial charge in [0.15, 0.2) is 0 Å². The second kappa shape index (κ2) is 5.69. The average Bonchev–Trinajstić information content (AvgIpc) is 2.41. The third kappa shape index (κ3) is 3.43. The molecule has 1 aliphatic rings. The van der Waals surface area contributed by atoms with E-state index < -0.39 is 11.9 Å². The Kier molecular flexibility index (Phi) is 3.99. The maximum atomic E-state index is 12.1. The van der Waals surface area contributed by atoms with E-state index in [1.54, 1.807) is 17.0 Å². The molecule has 102 valence electrons. The van der Waals surface area contributed by atoms with Gasteiger partial charge in [-0.05, 0) is 25.0 Å². The summed E-state index contributed by atoms with van der Waals surface area (Å²) in [6.45, 7) is 0.917. The van der Waals surface area contributed by atoms with Crippen LogP contribution in [0.1, 0.15) is 18.5 Å². The lowest BCUT2D eigenvalue weighted by molar-refractivity contribution is -0.145. The van der Waals surface area contributed by atoms with Gasteiger partial charge in [0.2, 0.25) is 5.91 Å². The number of carboxylic acid groups (broad SMARTS) is 1. The number of aliphatic carboxylic acids is 1. The number of nitrogens with two attached hydrogens (primary N) is 1. The molecule has 3 N–H and O–H groups in total. The number of rotatable bonds is 3. The predicted octanol–water partition coefficient (Wildman–Crippen LogP) is 0.529. The van der Waals surface area contributed by atoms with Gasteiger partial charge in [0.25, 0.3) is 0 Å². The summed E-state index contributed by atoms with van der Waals surface area (Å²) in [5.41, 5.74) is 6.73. The molecule has 19 heavy (non-hydrogen) atoms. The number of anilines is 1. The van der Waals surface area contributed by atoms with Gasteiger partial charge in [-0.1, -0.05) is 0 Å². The highest BCUT2D eigenvalue weighted by Crippen LogP contribution is 2.17. The molecular formula is C13H17N3O3. The fourth-order valence-electron chi connectivity index (χ4n) is 2.21. The molecule has 1 aliphatic heterocycles. The standard InChI is InChI=1S/C13H17N3O3/c14-10-3-4-11(15-7-10)6-12(17)16-5-1-2-9(8-16)13(18)19/h3-4,7,9H,1-2,5-6,8,14H2,(H,18,19)/t9-/m1/s1. The zero-order chi connectivity index (χ0) is 13.8. The SMILES string of the molecule is Nc1ccc(CC(=O)N2CCC[C@@H](C(=O)O)C2)nc1. The largest absolute Gasteiger partial charge is 0.481 e. The normalized spacial score (nSPS) is 19.2. The maximum absolute atomic E-state index is 12.1. The topological polar surface area (TPSA) is 96.5 Å². The lowest BCUT2D eigenvalue weighted by Crippen LogP contribution is -2.43. The van der Waals surface area contributed by atoms with Crippen molar-refractivity contribution in [3.8, 4) is 0 Å². The highest BCUT2D eigenvalue weighted by atomic mass is 16.4. The third-order valence-electron chi connectivity index (χ3n) is 3.30. The molecule has 2 rings (SSSR count). The molecule has 2 heterocycles. The van der Waals surface area contributed by atoms with Crippen LogP contribution in [0.25, 0.3) is 0 Å². The monoisotopic (exact) mass is 263 g/mol. The van der Waals surface area contributed by atoms with Crippen LogP contribution in [0.15, 0.2) is 18.3 Å². The first kappa shape index (κ1) is 13.3. The van der Waals surface area contributed by atoms with Crippen LogP contribution in [0.5, 0.6) is 0 Å². The number of hydrogen-bond acceptors (Lipinski definition) is 4. The number of nitrogens with zero attached hydrogens (tertiary/aromatic N) is 2. The Balaban J connectivity index is 1.96. The zero-order valence-corrected chi connectivity index (χ0v) is 10.6. The smallest absolute Gasteiger partial charge is 0.308 e. The van der Waals surface area contributed by atoms with Crippen molar-refractivity contribution < 1.29 is 14.7 Å². The summed E-state index contributed by atoms with van der Waals surface area (Å²) in [5, 5.41) is 8.99. The van der Waals surface area contributed by atoms with Crippen LogP contribution in [0.4, 0.5) is 5.69 Å². The number of aromatic nitrogens is 1. The van der Waals surface area contributed by atoms with Gasteiger partial charge >= 0.3 is 5.97 Å². The van der Waals surface area contributed by atoms with E-state index in [-0.39, 0.29) is 12.3 Å². The quantitative estimate of drug-likeness (QED) is 0.829. The van der Waals surface area contributed by atoms with E-state index in [0.717, 1.165) is 6.42 Å². The van der Waals surface area contributed by atoms with Crippen LogP contribution in [0.3, 0.4) is 0 Å². The molecule has 0 aromatic carbocycles. The predicted molar refractivity (Wildman–Crippen MR) is 69.3 cm³/mol. The van der Waals surface area contributed by atoms with Crippen molar-refractivity contribution in [2.75, 3.05) is 18.8 Å². The van der Waals surface area contributed by atoms with Crippen molar-refractivity contribution in [2.45, 2.75) is 19.3 Å². The molecule has 1 saturated heterocycles. The lowest BCUT2D eigenvalue weighted by atomic mass is 9.98. The van der Waals surface area contributed by atoms with E-state index in [4.69, 9.17) is 10.8 Å².